The smallest absolute Gasteiger partial charge is 0.326 e. The van der Waals surface area contributed by atoms with Crippen LogP contribution in [-0.2, 0) is 24.0 Å². The van der Waals surface area contributed by atoms with Gasteiger partial charge >= 0.3 is 11.9 Å². The van der Waals surface area contributed by atoms with Gasteiger partial charge in [0.2, 0.25) is 17.7 Å². The number of aliphatic hydroxyl groups is 1. The largest absolute Gasteiger partial charge is 0.481 e. The average molecular weight is 402 g/mol. The lowest BCUT2D eigenvalue weighted by Gasteiger charge is -2.27. The molecule has 1 aliphatic rings. The van der Waals surface area contributed by atoms with Gasteiger partial charge in [-0.2, -0.15) is 0 Å². The summed E-state index contributed by atoms with van der Waals surface area (Å²) in [5.74, 6) is -4.74. The molecule has 12 heteroatoms. The van der Waals surface area contributed by atoms with Gasteiger partial charge < -0.3 is 36.6 Å². The Kier molecular flexibility index (Phi) is 8.79. The van der Waals surface area contributed by atoms with Crippen LogP contribution in [0.15, 0.2) is 0 Å². The zero-order valence-corrected chi connectivity index (χ0v) is 15.5. The average Bonchev–Trinajstić information content (AvgIpc) is 3.11. The molecular formula is C16H26N4O8. The Balaban J connectivity index is 2.81. The van der Waals surface area contributed by atoms with Crippen molar-refractivity contribution in [2.45, 2.75) is 56.8 Å². The third kappa shape index (κ3) is 6.46. The van der Waals surface area contributed by atoms with E-state index in [0.717, 1.165) is 0 Å². The maximum absolute atomic E-state index is 12.5. The van der Waals surface area contributed by atoms with E-state index in [9.17, 15) is 29.1 Å². The van der Waals surface area contributed by atoms with E-state index in [2.05, 4.69) is 10.6 Å². The summed E-state index contributed by atoms with van der Waals surface area (Å²) in [6, 6.07) is -3.81. The first-order valence-electron chi connectivity index (χ1n) is 8.81. The molecule has 4 unspecified atom stereocenters. The molecular weight excluding hydrogens is 376 g/mol. The quantitative estimate of drug-likeness (QED) is 0.224. The van der Waals surface area contributed by atoms with Crippen LogP contribution in [-0.4, -0.2) is 87.2 Å². The van der Waals surface area contributed by atoms with Crippen LogP contribution in [0.4, 0.5) is 0 Å². The lowest BCUT2D eigenvalue weighted by Crippen LogP contribution is -2.59. The van der Waals surface area contributed by atoms with Crippen LogP contribution < -0.4 is 16.4 Å². The number of carbonyl (C=O) groups is 5. The molecule has 0 aromatic heterocycles. The third-order valence-corrected chi connectivity index (χ3v) is 4.37. The van der Waals surface area contributed by atoms with Crippen molar-refractivity contribution in [3.05, 3.63) is 0 Å². The van der Waals surface area contributed by atoms with Crippen LogP contribution >= 0.6 is 0 Å². The Bertz CT molecular complexity index is 624. The number of hydrogen-bond acceptors (Lipinski definition) is 7. The van der Waals surface area contributed by atoms with E-state index in [4.69, 9.17) is 15.9 Å². The number of hydrogen-bond donors (Lipinski definition) is 6. The van der Waals surface area contributed by atoms with E-state index < -0.39 is 60.3 Å². The van der Waals surface area contributed by atoms with Crippen LogP contribution in [0, 0.1) is 0 Å². The number of aliphatic carboxylic acids is 2. The molecule has 28 heavy (non-hydrogen) atoms. The number of rotatable bonds is 10. The number of amides is 3. The first-order chi connectivity index (χ1) is 13.1. The van der Waals surface area contributed by atoms with Gasteiger partial charge in [-0.1, -0.05) is 0 Å². The van der Waals surface area contributed by atoms with E-state index >= 15 is 0 Å². The van der Waals surface area contributed by atoms with Gasteiger partial charge in [0, 0.05) is 13.0 Å². The van der Waals surface area contributed by atoms with E-state index in [0.29, 0.717) is 19.4 Å². The standard InChI is InChI=1S/C16H26N4O8/c1-8(21)13(15(26)18-9(16(27)28)4-5-12(23)24)19-14(25)10-3-2-6-20(10)11(22)7-17/h8-10,13,21H,2-7,17H2,1H3,(H,18,26)(H,19,25)(H,23,24)(H,27,28). The highest BCUT2D eigenvalue weighted by Gasteiger charge is 2.37. The molecule has 1 heterocycles. The summed E-state index contributed by atoms with van der Waals surface area (Å²) in [7, 11) is 0. The van der Waals surface area contributed by atoms with Gasteiger partial charge in [-0.25, -0.2) is 4.79 Å². The van der Waals surface area contributed by atoms with Crippen LogP contribution in [0.1, 0.15) is 32.6 Å². The molecule has 0 radical (unpaired) electrons. The minimum absolute atomic E-state index is 0.270. The van der Waals surface area contributed by atoms with Crippen molar-refractivity contribution in [2.24, 2.45) is 5.73 Å². The molecule has 3 amide bonds. The van der Waals surface area contributed by atoms with E-state index in [1.54, 1.807) is 0 Å². The van der Waals surface area contributed by atoms with Crippen molar-refractivity contribution >= 4 is 29.7 Å². The molecule has 12 nitrogen and oxygen atoms in total. The van der Waals surface area contributed by atoms with Gasteiger partial charge in [-0.15, -0.1) is 0 Å². The monoisotopic (exact) mass is 402 g/mol. The summed E-state index contributed by atoms with van der Waals surface area (Å²) in [5.41, 5.74) is 5.32. The second-order valence-corrected chi connectivity index (χ2v) is 6.51. The van der Waals surface area contributed by atoms with Crippen LogP contribution in [0.5, 0.6) is 0 Å². The molecule has 1 rings (SSSR count). The van der Waals surface area contributed by atoms with Gasteiger partial charge in [0.25, 0.3) is 0 Å². The first-order valence-corrected chi connectivity index (χ1v) is 8.81. The third-order valence-electron chi connectivity index (χ3n) is 4.37. The van der Waals surface area contributed by atoms with E-state index in [1.165, 1.54) is 11.8 Å². The van der Waals surface area contributed by atoms with Gasteiger partial charge in [-0.05, 0) is 26.2 Å². The normalized spacial score (nSPS) is 19.4. The molecule has 158 valence electrons. The lowest BCUT2D eigenvalue weighted by atomic mass is 10.1. The van der Waals surface area contributed by atoms with Crippen molar-refractivity contribution in [2.75, 3.05) is 13.1 Å². The number of carboxylic acid groups (broad SMARTS) is 2. The molecule has 4 atom stereocenters. The highest BCUT2D eigenvalue weighted by Crippen LogP contribution is 2.17. The highest BCUT2D eigenvalue weighted by molar-refractivity contribution is 5.94. The molecule has 7 N–H and O–H groups in total. The minimum Gasteiger partial charge on any atom is -0.481 e. The molecule has 0 aliphatic carbocycles. The summed E-state index contributed by atoms with van der Waals surface area (Å²) < 4.78 is 0. The van der Waals surface area contributed by atoms with Gasteiger partial charge in [-0.3, -0.25) is 19.2 Å². The van der Waals surface area contributed by atoms with Crippen molar-refractivity contribution in [1.29, 1.82) is 0 Å². The molecule has 1 saturated heterocycles. The van der Waals surface area contributed by atoms with Crippen LogP contribution in [0.25, 0.3) is 0 Å². The number of nitrogens with one attached hydrogen (secondary N) is 2. The van der Waals surface area contributed by atoms with E-state index in [1.807, 2.05) is 0 Å². The number of carbonyl (C=O) groups excluding carboxylic acids is 3. The fourth-order valence-corrected chi connectivity index (χ4v) is 2.90. The van der Waals surface area contributed by atoms with Crippen LogP contribution in [0.3, 0.4) is 0 Å². The Hall–Kier alpha value is -2.73. The zero-order chi connectivity index (χ0) is 21.4. The summed E-state index contributed by atoms with van der Waals surface area (Å²) in [4.78, 5) is 59.8. The minimum atomic E-state index is -1.50. The van der Waals surface area contributed by atoms with Crippen molar-refractivity contribution in [3.8, 4) is 0 Å². The molecule has 0 aromatic rings. The Morgan fingerprint density at radius 2 is 1.82 bits per heavy atom. The summed E-state index contributed by atoms with van der Waals surface area (Å²) in [6.45, 7) is 1.30. The molecule has 0 spiro atoms. The number of nitrogens with two attached hydrogens (primary N) is 1. The van der Waals surface area contributed by atoms with E-state index in [-0.39, 0.29) is 13.0 Å². The zero-order valence-electron chi connectivity index (χ0n) is 15.5. The highest BCUT2D eigenvalue weighted by atomic mass is 16.4. The number of carboxylic acids is 2. The fourth-order valence-electron chi connectivity index (χ4n) is 2.90. The van der Waals surface area contributed by atoms with Gasteiger partial charge in [0.05, 0.1) is 12.6 Å². The van der Waals surface area contributed by atoms with Gasteiger partial charge in [0.15, 0.2) is 0 Å². The van der Waals surface area contributed by atoms with Crippen molar-refractivity contribution in [3.63, 3.8) is 0 Å². The molecule has 1 aliphatic heterocycles. The molecule has 0 saturated carbocycles. The number of nitrogens with zero attached hydrogens (tertiary/aromatic N) is 1. The summed E-state index contributed by atoms with van der Waals surface area (Å²) >= 11 is 0. The molecule has 0 aromatic carbocycles. The molecule has 0 bridgehead atoms. The summed E-state index contributed by atoms with van der Waals surface area (Å²) in [5, 5.41) is 32.1. The second-order valence-electron chi connectivity index (χ2n) is 6.51. The van der Waals surface area contributed by atoms with Crippen LogP contribution in [0.2, 0.25) is 0 Å². The topological polar surface area (TPSA) is 199 Å². The lowest BCUT2D eigenvalue weighted by molar-refractivity contribution is -0.144. The predicted molar refractivity (Wildman–Crippen MR) is 93.8 cm³/mol. The summed E-state index contributed by atoms with van der Waals surface area (Å²) in [6.07, 6.45) is -1.27. The Labute approximate surface area is 161 Å². The van der Waals surface area contributed by atoms with Crippen molar-refractivity contribution in [1.82, 2.24) is 15.5 Å². The van der Waals surface area contributed by atoms with Gasteiger partial charge in [0.1, 0.15) is 18.1 Å². The maximum Gasteiger partial charge on any atom is 0.326 e. The first kappa shape index (κ1) is 23.3. The Morgan fingerprint density at radius 3 is 2.32 bits per heavy atom. The fraction of sp³-hybridized carbons (Fsp3) is 0.688. The maximum atomic E-state index is 12.5. The van der Waals surface area contributed by atoms with Crippen molar-refractivity contribution < 1.29 is 39.3 Å². The number of aliphatic hydroxyl groups excluding tert-OH is 1. The molecule has 1 fully saturated rings. The predicted octanol–water partition coefficient (Wildman–Crippen LogP) is -2.76. The SMILES string of the molecule is CC(O)C(NC(=O)C1CCCN1C(=O)CN)C(=O)NC(CCC(=O)O)C(=O)O. The second kappa shape index (κ2) is 10.6. The number of likely N-dealkylation sites (tertiary alicyclic amines) is 1. The Morgan fingerprint density at radius 1 is 1.18 bits per heavy atom.